The second-order valence-electron chi connectivity index (χ2n) is 7.67. The summed E-state index contributed by atoms with van der Waals surface area (Å²) in [5.74, 6) is -3.99. The molecular formula is C25H18N2O9S2. The smallest absolute Gasteiger partial charge is 0.338 e. The lowest BCUT2D eigenvalue weighted by molar-refractivity contribution is -0.138. The number of carbonyl (C=O) groups excluding carboxylic acids is 1. The molecule has 0 aliphatic carbocycles. The van der Waals surface area contributed by atoms with Gasteiger partial charge in [-0.2, -0.15) is 8.42 Å². The van der Waals surface area contributed by atoms with Gasteiger partial charge < -0.3 is 9.84 Å². The van der Waals surface area contributed by atoms with Crippen LogP contribution in [0.15, 0.2) is 83.1 Å². The molecule has 1 aliphatic heterocycles. The molecule has 3 rings (SSSR count). The number of benzene rings is 2. The second-order valence-corrected chi connectivity index (χ2v) is 11.1. The van der Waals surface area contributed by atoms with Gasteiger partial charge in [0.15, 0.2) is 0 Å². The summed E-state index contributed by atoms with van der Waals surface area (Å²) in [7, 11) is -9.19. The molecule has 1 heterocycles. The van der Waals surface area contributed by atoms with Crippen LogP contribution < -0.4 is 0 Å². The van der Waals surface area contributed by atoms with Crippen LogP contribution in [0.25, 0.3) is 14.7 Å². The highest BCUT2D eigenvalue weighted by Gasteiger charge is 2.45. The summed E-state index contributed by atoms with van der Waals surface area (Å²) in [5, 5.41) is 19.8. The maximum Gasteiger partial charge on any atom is 0.338 e. The van der Waals surface area contributed by atoms with Crippen molar-refractivity contribution in [3.05, 3.63) is 106 Å². The standard InChI is InChI=1S/C25H18N2O9S2/c1-27-18(15-26)19-20(24(28)29)22(16-9-4-2-5-10-16)38(34,35)23(17-11-6-3-7-12-17)21(19)25(30)36-13-8-14-37(31,32)33/h2-7,9-12H,8,13-14H2,(H,28,29)(H,31,32,33). The third-order valence-electron chi connectivity index (χ3n) is 5.22. The van der Waals surface area contributed by atoms with Crippen molar-refractivity contribution >= 4 is 41.7 Å². The van der Waals surface area contributed by atoms with Crippen molar-refractivity contribution in [3.8, 4) is 6.07 Å². The van der Waals surface area contributed by atoms with Crippen molar-refractivity contribution in [1.82, 2.24) is 0 Å². The molecule has 38 heavy (non-hydrogen) atoms. The third-order valence-corrected chi connectivity index (χ3v) is 7.97. The average molecular weight is 555 g/mol. The molecule has 194 valence electrons. The van der Waals surface area contributed by atoms with E-state index in [-0.39, 0.29) is 17.5 Å². The van der Waals surface area contributed by atoms with Crippen molar-refractivity contribution in [3.63, 3.8) is 0 Å². The van der Waals surface area contributed by atoms with E-state index in [4.69, 9.17) is 15.9 Å². The summed E-state index contributed by atoms with van der Waals surface area (Å²) in [5.41, 5.74) is -3.54. The van der Waals surface area contributed by atoms with E-state index in [1.165, 1.54) is 54.6 Å². The summed E-state index contributed by atoms with van der Waals surface area (Å²) in [6.45, 7) is 6.84. The molecule has 2 aromatic rings. The van der Waals surface area contributed by atoms with Gasteiger partial charge in [-0.1, -0.05) is 60.7 Å². The zero-order chi connectivity index (χ0) is 28.1. The molecule has 11 nitrogen and oxygen atoms in total. The molecule has 0 aromatic heterocycles. The van der Waals surface area contributed by atoms with Crippen LogP contribution in [0, 0.1) is 17.9 Å². The van der Waals surface area contributed by atoms with Gasteiger partial charge in [0.25, 0.3) is 15.8 Å². The van der Waals surface area contributed by atoms with E-state index in [0.29, 0.717) is 0 Å². The average Bonchev–Trinajstić information content (AvgIpc) is 2.87. The number of carbonyl (C=O) groups is 2. The van der Waals surface area contributed by atoms with Gasteiger partial charge >= 0.3 is 11.9 Å². The summed E-state index contributed by atoms with van der Waals surface area (Å²) < 4.78 is 64.1. The van der Waals surface area contributed by atoms with Crippen molar-refractivity contribution < 1.29 is 40.8 Å². The number of esters is 1. The maximum atomic E-state index is 14.1. The fourth-order valence-electron chi connectivity index (χ4n) is 3.75. The number of sulfone groups is 1. The molecule has 0 bridgehead atoms. The Bertz CT molecular complexity index is 1670. The van der Waals surface area contributed by atoms with Crippen LogP contribution in [0.3, 0.4) is 0 Å². The Kier molecular flexibility index (Phi) is 8.28. The first kappa shape index (κ1) is 28.0. The van der Waals surface area contributed by atoms with Gasteiger partial charge in [-0.15, -0.1) is 0 Å². The normalized spacial score (nSPS) is 16.3. The zero-order valence-electron chi connectivity index (χ0n) is 19.4. The Hall–Kier alpha value is -4.56. The summed E-state index contributed by atoms with van der Waals surface area (Å²) >= 11 is 0. The molecule has 0 saturated carbocycles. The van der Waals surface area contributed by atoms with Gasteiger partial charge in [-0.3, -0.25) is 4.55 Å². The van der Waals surface area contributed by atoms with Crippen LogP contribution in [0.4, 0.5) is 0 Å². The van der Waals surface area contributed by atoms with Crippen LogP contribution in [0.1, 0.15) is 17.5 Å². The highest BCUT2D eigenvalue weighted by Crippen LogP contribution is 2.47. The maximum absolute atomic E-state index is 14.1. The van der Waals surface area contributed by atoms with Crippen molar-refractivity contribution in [1.29, 1.82) is 5.26 Å². The van der Waals surface area contributed by atoms with Crippen LogP contribution in [0.5, 0.6) is 0 Å². The lowest BCUT2D eigenvalue weighted by Crippen LogP contribution is -2.27. The van der Waals surface area contributed by atoms with Crippen LogP contribution in [0.2, 0.25) is 0 Å². The summed E-state index contributed by atoms with van der Waals surface area (Å²) in [4.78, 5) is 27.5. The van der Waals surface area contributed by atoms with Gasteiger partial charge in [0.05, 0.1) is 46.0 Å². The van der Waals surface area contributed by atoms with Gasteiger partial charge in [0, 0.05) is 5.57 Å². The van der Waals surface area contributed by atoms with Gasteiger partial charge in [-0.05, 0) is 17.5 Å². The van der Waals surface area contributed by atoms with Gasteiger partial charge in [0.2, 0.25) is 9.84 Å². The fraction of sp³-hybridized carbons (Fsp3) is 0.120. The molecule has 0 saturated heterocycles. The summed E-state index contributed by atoms with van der Waals surface area (Å²) in [6, 6.07) is 15.9. The molecule has 0 amide bonds. The van der Waals surface area contributed by atoms with Crippen molar-refractivity contribution in [2.45, 2.75) is 6.42 Å². The quantitative estimate of drug-likeness (QED) is 0.162. The number of nitriles is 1. The molecule has 0 atom stereocenters. The first-order valence-electron chi connectivity index (χ1n) is 10.7. The highest BCUT2D eigenvalue weighted by atomic mass is 32.2. The zero-order valence-corrected chi connectivity index (χ0v) is 21.0. The number of carboxylic acid groups (broad SMARTS) is 1. The van der Waals surface area contributed by atoms with Gasteiger partial charge in [-0.25, -0.2) is 28.1 Å². The monoisotopic (exact) mass is 554 g/mol. The van der Waals surface area contributed by atoms with E-state index < -0.39 is 76.5 Å². The Labute approximate surface area is 218 Å². The second kappa shape index (κ2) is 11.2. The number of hydrogen-bond donors (Lipinski definition) is 2. The first-order valence-corrected chi connectivity index (χ1v) is 13.8. The van der Waals surface area contributed by atoms with Crippen molar-refractivity contribution in [2.75, 3.05) is 12.4 Å². The molecule has 2 aromatic carbocycles. The molecular weight excluding hydrogens is 536 g/mol. The number of hydrogen-bond acceptors (Lipinski definition) is 8. The number of nitrogens with zero attached hydrogens (tertiary/aromatic N) is 2. The summed E-state index contributed by atoms with van der Waals surface area (Å²) in [6.07, 6.45) is -0.366. The highest BCUT2D eigenvalue weighted by molar-refractivity contribution is 8.09. The molecule has 13 heteroatoms. The number of rotatable bonds is 8. The van der Waals surface area contributed by atoms with Crippen LogP contribution in [-0.4, -0.2) is 50.8 Å². The minimum atomic E-state index is -4.80. The predicted octanol–water partition coefficient (Wildman–Crippen LogP) is 2.84. The third kappa shape index (κ3) is 5.71. The van der Waals surface area contributed by atoms with Crippen LogP contribution in [-0.2, 0) is 34.3 Å². The Balaban J connectivity index is 2.44. The number of carboxylic acids is 1. The lowest BCUT2D eigenvalue weighted by Gasteiger charge is -2.26. The topological polar surface area (TPSA) is 180 Å². The minimum Gasteiger partial charge on any atom is -0.478 e. The van der Waals surface area contributed by atoms with E-state index in [9.17, 15) is 36.8 Å². The Morgan fingerprint density at radius 2 is 1.47 bits per heavy atom. The Morgan fingerprint density at radius 3 is 1.89 bits per heavy atom. The molecule has 1 aliphatic rings. The van der Waals surface area contributed by atoms with E-state index in [2.05, 4.69) is 4.85 Å². The minimum absolute atomic E-state index is 0.0463. The van der Waals surface area contributed by atoms with Gasteiger partial charge in [0.1, 0.15) is 0 Å². The van der Waals surface area contributed by atoms with E-state index >= 15 is 0 Å². The molecule has 0 fully saturated rings. The number of aliphatic carboxylic acids is 1. The molecule has 0 radical (unpaired) electrons. The van der Waals surface area contributed by atoms with Crippen molar-refractivity contribution in [2.24, 2.45) is 0 Å². The number of ether oxygens (including phenoxy) is 1. The first-order chi connectivity index (χ1) is 17.9. The number of allylic oxidation sites excluding steroid dienone is 1. The van der Waals surface area contributed by atoms with E-state index in [1.807, 2.05) is 0 Å². The SMILES string of the molecule is [C-]#[N+]C(C#N)=C1C(C(=O)O)=C(c2ccccc2)S(=O)(=O)C(c2ccccc2)=C1C(=O)OCCCS(=O)(=O)O. The Morgan fingerprint density at radius 1 is 0.974 bits per heavy atom. The van der Waals surface area contributed by atoms with E-state index in [1.54, 1.807) is 12.1 Å². The molecule has 0 unspecified atom stereocenters. The van der Waals surface area contributed by atoms with E-state index in [0.717, 1.165) is 0 Å². The fourth-order valence-corrected chi connectivity index (χ4v) is 6.24. The predicted molar refractivity (Wildman–Crippen MR) is 135 cm³/mol. The largest absolute Gasteiger partial charge is 0.478 e. The lowest BCUT2D eigenvalue weighted by atomic mass is 9.91. The van der Waals surface area contributed by atoms with Crippen LogP contribution >= 0.6 is 0 Å². The molecule has 0 spiro atoms. The molecule has 2 N–H and O–H groups in total.